The van der Waals surface area contributed by atoms with Crippen LogP contribution in [0.15, 0.2) is 29.6 Å². The van der Waals surface area contributed by atoms with Gasteiger partial charge < -0.3 is 0 Å². The Hall–Kier alpha value is -1.21. The van der Waals surface area contributed by atoms with E-state index in [1.807, 2.05) is 12.1 Å². The summed E-state index contributed by atoms with van der Waals surface area (Å²) < 4.78 is 0. The molecule has 0 radical (unpaired) electrons. The second kappa shape index (κ2) is 6.99. The molecule has 0 aliphatic heterocycles. The summed E-state index contributed by atoms with van der Waals surface area (Å²) in [5.41, 5.74) is 2.17. The van der Waals surface area contributed by atoms with Crippen LogP contribution < -0.4 is 11.3 Å². The van der Waals surface area contributed by atoms with Crippen molar-refractivity contribution in [1.82, 2.24) is 10.3 Å². The number of thiophene rings is 2. The van der Waals surface area contributed by atoms with Crippen LogP contribution >= 0.6 is 22.7 Å². The number of rotatable bonds is 6. The molecule has 4 nitrogen and oxygen atoms in total. The Morgan fingerprint density at radius 1 is 1.30 bits per heavy atom. The van der Waals surface area contributed by atoms with Crippen molar-refractivity contribution in [3.63, 3.8) is 0 Å². The number of nitrogen functional groups attached to an aromatic ring is 1. The highest BCUT2D eigenvalue weighted by Gasteiger charge is 2.14. The third kappa shape index (κ3) is 3.89. The lowest BCUT2D eigenvalue weighted by Crippen LogP contribution is -2.29. The SMILES string of the molecule is CC(C)N(Cc1cccs1)Cc1ccc(C(=O)NN)s1. The number of carbonyl (C=O) groups excluding carboxylic acids is 1. The number of nitrogens with two attached hydrogens (primary N) is 1. The van der Waals surface area contributed by atoms with Gasteiger partial charge in [0, 0.05) is 28.9 Å². The Balaban J connectivity index is 2.04. The lowest BCUT2D eigenvalue weighted by molar-refractivity contribution is 0.0957. The first-order chi connectivity index (χ1) is 9.60. The van der Waals surface area contributed by atoms with E-state index in [1.54, 1.807) is 11.3 Å². The Morgan fingerprint density at radius 2 is 2.05 bits per heavy atom. The van der Waals surface area contributed by atoms with Crippen molar-refractivity contribution in [2.75, 3.05) is 0 Å². The van der Waals surface area contributed by atoms with Crippen molar-refractivity contribution < 1.29 is 4.79 Å². The fourth-order valence-electron chi connectivity index (χ4n) is 1.88. The van der Waals surface area contributed by atoms with Crippen molar-refractivity contribution in [2.24, 2.45) is 5.84 Å². The van der Waals surface area contributed by atoms with Crippen molar-refractivity contribution in [3.05, 3.63) is 44.3 Å². The number of nitrogens with zero attached hydrogens (tertiary/aromatic N) is 1. The molecule has 108 valence electrons. The van der Waals surface area contributed by atoms with Gasteiger partial charge >= 0.3 is 0 Å². The first-order valence-electron chi connectivity index (χ1n) is 6.46. The van der Waals surface area contributed by atoms with Gasteiger partial charge in [0.2, 0.25) is 0 Å². The van der Waals surface area contributed by atoms with Crippen LogP contribution in [0.4, 0.5) is 0 Å². The van der Waals surface area contributed by atoms with Crippen LogP contribution in [0.3, 0.4) is 0 Å². The number of hydrogen-bond donors (Lipinski definition) is 2. The Kier molecular flexibility index (Phi) is 5.31. The molecule has 0 aromatic carbocycles. The van der Waals surface area contributed by atoms with Crippen molar-refractivity contribution >= 4 is 28.6 Å². The third-order valence-corrected chi connectivity index (χ3v) is 4.97. The second-order valence-electron chi connectivity index (χ2n) is 4.82. The van der Waals surface area contributed by atoms with E-state index < -0.39 is 0 Å². The first-order valence-corrected chi connectivity index (χ1v) is 8.16. The molecule has 6 heteroatoms. The van der Waals surface area contributed by atoms with E-state index in [1.165, 1.54) is 21.1 Å². The monoisotopic (exact) mass is 309 g/mol. The van der Waals surface area contributed by atoms with Crippen LogP contribution in [0.25, 0.3) is 0 Å². The molecule has 0 atom stereocenters. The number of amides is 1. The summed E-state index contributed by atoms with van der Waals surface area (Å²) in [6, 6.07) is 8.51. The summed E-state index contributed by atoms with van der Waals surface area (Å²) in [4.78, 5) is 17.0. The molecule has 2 aromatic heterocycles. The van der Waals surface area contributed by atoms with Gasteiger partial charge in [-0.2, -0.15) is 0 Å². The van der Waals surface area contributed by atoms with E-state index in [2.05, 4.69) is 41.7 Å². The van der Waals surface area contributed by atoms with Gasteiger partial charge in [-0.1, -0.05) is 6.07 Å². The molecule has 20 heavy (non-hydrogen) atoms. The van der Waals surface area contributed by atoms with Gasteiger partial charge in [0.1, 0.15) is 0 Å². The molecule has 0 saturated heterocycles. The van der Waals surface area contributed by atoms with E-state index in [4.69, 9.17) is 5.84 Å². The summed E-state index contributed by atoms with van der Waals surface area (Å²) in [6.45, 7) is 6.16. The van der Waals surface area contributed by atoms with Crippen LogP contribution in [0.2, 0.25) is 0 Å². The summed E-state index contributed by atoms with van der Waals surface area (Å²) in [5, 5.41) is 2.10. The average Bonchev–Trinajstić information content (AvgIpc) is 3.08. The first kappa shape index (κ1) is 15.2. The number of hydrazine groups is 1. The smallest absolute Gasteiger partial charge is 0.275 e. The molecule has 2 rings (SSSR count). The minimum Gasteiger partial charge on any atom is -0.291 e. The van der Waals surface area contributed by atoms with Crippen molar-refractivity contribution in [2.45, 2.75) is 33.0 Å². The molecular formula is C14H19N3OS2. The highest BCUT2D eigenvalue weighted by atomic mass is 32.1. The standard InChI is InChI=1S/C14H19N3OS2/c1-10(2)17(8-11-4-3-7-19-11)9-12-5-6-13(20-12)14(18)16-15/h3-7,10H,8-9,15H2,1-2H3,(H,16,18). The van der Waals surface area contributed by atoms with Gasteiger partial charge in [0.05, 0.1) is 4.88 Å². The zero-order valence-corrected chi connectivity index (χ0v) is 13.3. The summed E-state index contributed by atoms with van der Waals surface area (Å²) in [6.07, 6.45) is 0. The van der Waals surface area contributed by atoms with E-state index in [9.17, 15) is 4.79 Å². The Labute approximate surface area is 127 Å². The lowest BCUT2D eigenvalue weighted by Gasteiger charge is -2.25. The van der Waals surface area contributed by atoms with Gasteiger partial charge in [-0.25, -0.2) is 5.84 Å². The maximum Gasteiger partial charge on any atom is 0.275 e. The fourth-order valence-corrected chi connectivity index (χ4v) is 3.55. The molecule has 0 aliphatic carbocycles. The molecule has 1 amide bonds. The van der Waals surface area contributed by atoms with Gasteiger partial charge in [0.15, 0.2) is 0 Å². The van der Waals surface area contributed by atoms with Crippen molar-refractivity contribution in [3.8, 4) is 0 Å². The molecule has 0 aliphatic rings. The number of carbonyl (C=O) groups is 1. The van der Waals surface area contributed by atoms with E-state index >= 15 is 0 Å². The molecule has 2 heterocycles. The quantitative estimate of drug-likeness (QED) is 0.490. The molecule has 0 unspecified atom stereocenters. The number of hydrogen-bond acceptors (Lipinski definition) is 5. The van der Waals surface area contributed by atoms with Gasteiger partial charge in [-0.3, -0.25) is 15.1 Å². The zero-order chi connectivity index (χ0) is 14.5. The van der Waals surface area contributed by atoms with E-state index in [0.717, 1.165) is 13.1 Å². The topological polar surface area (TPSA) is 58.4 Å². The normalized spacial score (nSPS) is 11.2. The Morgan fingerprint density at radius 3 is 2.65 bits per heavy atom. The minimum absolute atomic E-state index is 0.226. The molecule has 0 bridgehead atoms. The maximum atomic E-state index is 11.5. The summed E-state index contributed by atoms with van der Waals surface area (Å²) in [7, 11) is 0. The maximum absolute atomic E-state index is 11.5. The lowest BCUT2D eigenvalue weighted by atomic mass is 10.3. The highest BCUT2D eigenvalue weighted by molar-refractivity contribution is 7.14. The van der Waals surface area contributed by atoms with Crippen LogP contribution in [0.5, 0.6) is 0 Å². The predicted octanol–water partition coefficient (Wildman–Crippen LogP) is 2.82. The van der Waals surface area contributed by atoms with Crippen LogP contribution in [-0.4, -0.2) is 16.8 Å². The molecular weight excluding hydrogens is 290 g/mol. The predicted molar refractivity (Wildman–Crippen MR) is 84.7 cm³/mol. The van der Waals surface area contributed by atoms with Crippen LogP contribution in [-0.2, 0) is 13.1 Å². The van der Waals surface area contributed by atoms with E-state index in [-0.39, 0.29) is 5.91 Å². The van der Waals surface area contributed by atoms with E-state index in [0.29, 0.717) is 10.9 Å². The molecule has 0 fully saturated rings. The largest absolute Gasteiger partial charge is 0.291 e. The average molecular weight is 309 g/mol. The number of nitrogens with one attached hydrogen (secondary N) is 1. The van der Waals surface area contributed by atoms with Crippen molar-refractivity contribution in [1.29, 1.82) is 0 Å². The molecule has 0 spiro atoms. The molecule has 2 aromatic rings. The second-order valence-corrected chi connectivity index (χ2v) is 7.02. The minimum atomic E-state index is -0.226. The van der Waals surface area contributed by atoms with Gasteiger partial charge in [-0.05, 0) is 37.4 Å². The van der Waals surface area contributed by atoms with Crippen LogP contribution in [0.1, 0.15) is 33.3 Å². The summed E-state index contributed by atoms with van der Waals surface area (Å²) in [5.74, 6) is 4.92. The van der Waals surface area contributed by atoms with Crippen LogP contribution in [0, 0.1) is 0 Å². The Bertz CT molecular complexity index is 549. The summed E-state index contributed by atoms with van der Waals surface area (Å²) >= 11 is 3.27. The molecule has 0 saturated carbocycles. The third-order valence-electron chi connectivity index (χ3n) is 3.04. The van der Waals surface area contributed by atoms with Gasteiger partial charge in [-0.15, -0.1) is 22.7 Å². The zero-order valence-electron chi connectivity index (χ0n) is 11.6. The van der Waals surface area contributed by atoms with Gasteiger partial charge in [0.25, 0.3) is 5.91 Å². The fraction of sp³-hybridized carbons (Fsp3) is 0.357. The molecule has 3 N–H and O–H groups in total. The highest BCUT2D eigenvalue weighted by Crippen LogP contribution is 2.21.